The smallest absolute Gasteiger partial charge is 0.412 e. The average molecular weight is 607 g/mol. The van der Waals surface area contributed by atoms with Gasteiger partial charge in [-0.2, -0.15) is 8.78 Å². The van der Waals surface area contributed by atoms with Crippen molar-refractivity contribution >= 4 is 50.7 Å². The lowest BCUT2D eigenvalue weighted by Crippen LogP contribution is -2.37. The second-order valence-corrected chi connectivity index (χ2v) is 9.42. The minimum absolute atomic E-state index is 0.0171. The molecule has 2 aromatic rings. The van der Waals surface area contributed by atoms with Crippen molar-refractivity contribution in [3.63, 3.8) is 0 Å². The molecule has 0 fully saturated rings. The van der Waals surface area contributed by atoms with Gasteiger partial charge in [0.15, 0.2) is 5.75 Å². The van der Waals surface area contributed by atoms with E-state index in [-0.39, 0.29) is 5.75 Å². The summed E-state index contributed by atoms with van der Waals surface area (Å²) >= 11 is 21.1. The lowest BCUT2D eigenvalue weighted by molar-refractivity contribution is -0.178. The van der Waals surface area contributed by atoms with E-state index in [1.54, 1.807) is 24.3 Å². The molecule has 0 radical (unpaired) electrons. The molecule has 1 atom stereocenters. The third-order valence-electron chi connectivity index (χ3n) is 4.60. The first-order chi connectivity index (χ1) is 16.0. The lowest BCUT2D eigenvalue weighted by Gasteiger charge is -2.28. The molecule has 9 heteroatoms. The third-order valence-corrected chi connectivity index (χ3v) is 6.25. The molecule has 0 aromatic heterocycles. The fourth-order valence-electron chi connectivity index (χ4n) is 2.72. The van der Waals surface area contributed by atoms with Crippen LogP contribution in [0.2, 0.25) is 10.0 Å². The number of halogens is 6. The summed E-state index contributed by atoms with van der Waals surface area (Å²) in [6.07, 6.45) is -2.88. The van der Waals surface area contributed by atoms with Gasteiger partial charge in [-0.15, -0.1) is 11.6 Å². The molecule has 2 rings (SSSR count). The van der Waals surface area contributed by atoms with Crippen LogP contribution in [-0.2, 0) is 5.41 Å². The molecule has 0 amide bonds. The Morgan fingerprint density at radius 3 is 1.91 bits per heavy atom. The Hall–Kier alpha value is -0.790. The van der Waals surface area contributed by atoms with Crippen LogP contribution in [0, 0.1) is 0 Å². The molecule has 1 unspecified atom stereocenters. The first-order valence-electron chi connectivity index (χ1n) is 11.1. The van der Waals surface area contributed by atoms with Crippen molar-refractivity contribution in [2.45, 2.75) is 64.3 Å². The van der Waals surface area contributed by atoms with Crippen molar-refractivity contribution in [3.05, 3.63) is 57.6 Å². The Bertz CT molecular complexity index is 827. The molecular weight excluding hydrogens is 573 g/mol. The third kappa shape index (κ3) is 9.34. The summed E-state index contributed by atoms with van der Waals surface area (Å²) in [5, 5.41) is 9.67. The normalized spacial score (nSPS) is 12.0. The molecule has 0 saturated carbocycles. The SMILES string of the molecule is CC.CC.CC(C)(c1ccc(OC(F)(F)C(Br)CO)cc1)c1cc(Cl)c(OCCCCl)c(Cl)c1. The molecule has 3 nitrogen and oxygen atoms in total. The quantitative estimate of drug-likeness (QED) is 0.217. The monoisotopic (exact) mass is 604 g/mol. The number of hydrogen-bond donors (Lipinski definition) is 1. The van der Waals surface area contributed by atoms with Gasteiger partial charge in [-0.05, 0) is 41.8 Å². The van der Waals surface area contributed by atoms with E-state index < -0.39 is 23.0 Å². The molecule has 0 heterocycles. The summed E-state index contributed by atoms with van der Waals surface area (Å²) in [6.45, 7) is 11.6. The number of benzene rings is 2. The number of rotatable bonds is 10. The number of alkyl halides is 4. The van der Waals surface area contributed by atoms with Gasteiger partial charge >= 0.3 is 6.11 Å². The summed E-state index contributed by atoms with van der Waals surface area (Å²) in [5.41, 5.74) is 1.16. The van der Waals surface area contributed by atoms with Crippen LogP contribution in [0.5, 0.6) is 11.5 Å². The molecule has 194 valence electrons. The zero-order valence-corrected chi connectivity index (χ0v) is 24.3. The van der Waals surface area contributed by atoms with E-state index in [2.05, 4.69) is 15.9 Å². The number of aliphatic hydroxyl groups is 1. The van der Waals surface area contributed by atoms with E-state index in [9.17, 15) is 8.78 Å². The van der Waals surface area contributed by atoms with Crippen molar-refractivity contribution in [1.29, 1.82) is 0 Å². The van der Waals surface area contributed by atoms with E-state index in [1.165, 1.54) is 12.1 Å². The fourth-order valence-corrected chi connectivity index (χ4v) is 3.52. The fraction of sp³-hybridized carbons (Fsp3) is 0.520. The van der Waals surface area contributed by atoms with Gasteiger partial charge in [0.1, 0.15) is 10.6 Å². The van der Waals surface area contributed by atoms with Crippen molar-refractivity contribution in [3.8, 4) is 11.5 Å². The second-order valence-electron chi connectivity index (χ2n) is 7.12. The first-order valence-corrected chi connectivity index (χ1v) is 13.3. The maximum absolute atomic E-state index is 13.9. The van der Waals surface area contributed by atoms with E-state index >= 15 is 0 Å². The number of aliphatic hydroxyl groups excluding tert-OH is 1. The van der Waals surface area contributed by atoms with Crippen LogP contribution < -0.4 is 9.47 Å². The molecule has 0 bridgehead atoms. The minimum atomic E-state index is -3.55. The summed E-state index contributed by atoms with van der Waals surface area (Å²) in [6, 6.07) is 9.85. The largest absolute Gasteiger partial charge is 0.490 e. The van der Waals surface area contributed by atoms with Crippen LogP contribution in [-0.4, -0.2) is 35.1 Å². The van der Waals surface area contributed by atoms with Gasteiger partial charge in [0, 0.05) is 11.3 Å². The van der Waals surface area contributed by atoms with Gasteiger partial charge in [0.2, 0.25) is 0 Å². The first kappa shape index (κ1) is 33.2. The molecule has 0 saturated heterocycles. The zero-order valence-electron chi connectivity index (χ0n) is 20.4. The summed E-state index contributed by atoms with van der Waals surface area (Å²) in [7, 11) is 0. The highest BCUT2D eigenvalue weighted by atomic mass is 79.9. The molecule has 0 aliphatic rings. The van der Waals surface area contributed by atoms with Gasteiger partial charge in [0.05, 0.1) is 23.3 Å². The minimum Gasteiger partial charge on any atom is -0.490 e. The zero-order chi connectivity index (χ0) is 26.5. The van der Waals surface area contributed by atoms with Crippen LogP contribution in [0.1, 0.15) is 59.1 Å². The molecule has 0 aliphatic heterocycles. The van der Waals surface area contributed by atoms with Gasteiger partial charge in [-0.3, -0.25) is 0 Å². The highest BCUT2D eigenvalue weighted by Gasteiger charge is 2.40. The highest BCUT2D eigenvalue weighted by molar-refractivity contribution is 9.09. The van der Waals surface area contributed by atoms with Gasteiger partial charge in [-0.1, -0.05) is 92.8 Å². The maximum atomic E-state index is 13.9. The molecular formula is C25H34BrCl3F2O3. The Morgan fingerprint density at radius 2 is 1.47 bits per heavy atom. The predicted molar refractivity (Wildman–Crippen MR) is 144 cm³/mol. The van der Waals surface area contributed by atoms with Crippen molar-refractivity contribution in [1.82, 2.24) is 0 Å². The summed E-state index contributed by atoms with van der Waals surface area (Å²) < 4.78 is 38.1. The molecule has 0 aliphatic carbocycles. The number of ether oxygens (including phenoxy) is 2. The molecule has 34 heavy (non-hydrogen) atoms. The van der Waals surface area contributed by atoms with Gasteiger partial charge < -0.3 is 14.6 Å². The van der Waals surface area contributed by atoms with Crippen molar-refractivity contribution in [2.75, 3.05) is 19.1 Å². The molecule has 0 spiro atoms. The van der Waals surface area contributed by atoms with Crippen LogP contribution in [0.25, 0.3) is 0 Å². The summed E-state index contributed by atoms with van der Waals surface area (Å²) in [5.74, 6) is 0.862. The highest BCUT2D eigenvalue weighted by Crippen LogP contribution is 2.41. The Labute approximate surface area is 225 Å². The number of hydrogen-bond acceptors (Lipinski definition) is 3. The van der Waals surface area contributed by atoms with Crippen LogP contribution in [0.4, 0.5) is 8.78 Å². The van der Waals surface area contributed by atoms with Crippen LogP contribution >= 0.6 is 50.7 Å². The maximum Gasteiger partial charge on any atom is 0.412 e. The van der Waals surface area contributed by atoms with Crippen LogP contribution in [0.3, 0.4) is 0 Å². The van der Waals surface area contributed by atoms with Crippen molar-refractivity contribution < 1.29 is 23.4 Å². The van der Waals surface area contributed by atoms with E-state index in [1.807, 2.05) is 41.5 Å². The second kappa shape index (κ2) is 16.1. The average Bonchev–Trinajstić information content (AvgIpc) is 2.82. The molecule has 1 N–H and O–H groups in total. The standard InChI is InChI=1S/C21H22BrCl3F2O3.2C2H6/c1-20(2,14-10-16(24)19(17(25)11-14)29-9-3-8-23)13-4-6-15(7-5-13)30-21(26,27)18(22)12-28;2*1-2/h4-7,10-11,18,28H,3,8-9,12H2,1-2H3;2*1-2H3. The van der Waals surface area contributed by atoms with Gasteiger partial charge in [0.25, 0.3) is 0 Å². The van der Waals surface area contributed by atoms with Crippen LogP contribution in [0.15, 0.2) is 36.4 Å². The Morgan fingerprint density at radius 1 is 0.971 bits per heavy atom. The van der Waals surface area contributed by atoms with E-state index in [0.717, 1.165) is 11.1 Å². The molecule has 2 aromatic carbocycles. The Kier molecular flexibility index (Phi) is 15.7. The van der Waals surface area contributed by atoms with E-state index in [4.69, 9.17) is 49.4 Å². The van der Waals surface area contributed by atoms with Crippen molar-refractivity contribution in [2.24, 2.45) is 0 Å². The predicted octanol–water partition coefficient (Wildman–Crippen LogP) is 9.11. The van der Waals surface area contributed by atoms with Gasteiger partial charge in [-0.25, -0.2) is 0 Å². The summed E-state index contributed by atoms with van der Waals surface area (Å²) in [4.78, 5) is -1.50. The topological polar surface area (TPSA) is 38.7 Å². The van der Waals surface area contributed by atoms with E-state index in [0.29, 0.717) is 34.7 Å². The lowest BCUT2D eigenvalue weighted by atomic mass is 9.78. The Balaban J connectivity index is 0.00000258.